The normalized spacial score (nSPS) is 28.6. The van der Waals surface area contributed by atoms with Gasteiger partial charge in [0.05, 0.1) is 16.2 Å². The number of sulfone groups is 1. The number of rotatable bonds is 2. The first-order valence-corrected chi connectivity index (χ1v) is 7.88. The highest BCUT2D eigenvalue weighted by Crippen LogP contribution is 2.34. The maximum Gasteiger partial charge on any atom is 0.181 e. The van der Waals surface area contributed by atoms with Gasteiger partial charge in [-0.05, 0) is 55.9 Å². The fourth-order valence-electron chi connectivity index (χ4n) is 2.61. The van der Waals surface area contributed by atoms with E-state index < -0.39 is 21.2 Å². The lowest BCUT2D eigenvalue weighted by Gasteiger charge is -2.18. The Morgan fingerprint density at radius 3 is 2.33 bits per heavy atom. The van der Waals surface area contributed by atoms with Crippen molar-refractivity contribution in [3.8, 4) is 0 Å². The zero-order chi connectivity index (χ0) is 13.5. The van der Waals surface area contributed by atoms with Crippen LogP contribution in [0.3, 0.4) is 0 Å². The predicted octanol–water partition coefficient (Wildman–Crippen LogP) is 2.24. The lowest BCUT2D eigenvalue weighted by molar-refractivity contribution is 0.142. The standard InChI is InChI=1S/C14H20O3S/c1-9-4-5-12(8-10(9)2)18(16,17)14-7-6-13(15)11(14)3/h4-5,8,11,13-15H,6-7H2,1-3H3. The van der Waals surface area contributed by atoms with E-state index in [9.17, 15) is 13.5 Å². The number of benzene rings is 1. The summed E-state index contributed by atoms with van der Waals surface area (Å²) in [6.07, 6.45) is 0.643. The van der Waals surface area contributed by atoms with Crippen LogP contribution >= 0.6 is 0 Å². The number of aryl methyl sites for hydroxylation is 2. The minimum atomic E-state index is -3.32. The Kier molecular flexibility index (Phi) is 3.52. The molecule has 0 aliphatic heterocycles. The minimum Gasteiger partial charge on any atom is -0.393 e. The van der Waals surface area contributed by atoms with E-state index in [-0.39, 0.29) is 5.92 Å². The molecule has 0 amide bonds. The molecule has 1 aromatic rings. The van der Waals surface area contributed by atoms with Crippen LogP contribution in [-0.4, -0.2) is 24.9 Å². The molecule has 2 rings (SSSR count). The highest BCUT2D eigenvalue weighted by atomic mass is 32.2. The molecule has 0 radical (unpaired) electrons. The Morgan fingerprint density at radius 1 is 1.17 bits per heavy atom. The van der Waals surface area contributed by atoms with Gasteiger partial charge in [-0.1, -0.05) is 13.0 Å². The summed E-state index contributed by atoms with van der Waals surface area (Å²) in [5, 5.41) is 9.26. The highest BCUT2D eigenvalue weighted by Gasteiger charge is 2.40. The van der Waals surface area contributed by atoms with Crippen molar-refractivity contribution in [3.05, 3.63) is 29.3 Å². The van der Waals surface area contributed by atoms with Gasteiger partial charge in [-0.25, -0.2) is 8.42 Å². The summed E-state index contributed by atoms with van der Waals surface area (Å²) in [6, 6.07) is 5.26. The van der Waals surface area contributed by atoms with Gasteiger partial charge in [0.1, 0.15) is 0 Å². The van der Waals surface area contributed by atoms with Crippen LogP contribution in [-0.2, 0) is 9.84 Å². The molecule has 1 aliphatic rings. The van der Waals surface area contributed by atoms with Gasteiger partial charge in [0, 0.05) is 0 Å². The second-order valence-electron chi connectivity index (χ2n) is 5.33. The molecule has 3 atom stereocenters. The van der Waals surface area contributed by atoms with Crippen LogP contribution in [0.15, 0.2) is 23.1 Å². The third kappa shape index (κ3) is 2.19. The molecule has 1 aromatic carbocycles. The smallest absolute Gasteiger partial charge is 0.181 e. The van der Waals surface area contributed by atoms with Gasteiger partial charge in [-0.3, -0.25) is 0 Å². The number of aliphatic hydroxyl groups is 1. The fourth-order valence-corrected chi connectivity index (χ4v) is 4.75. The molecule has 1 fully saturated rings. The molecule has 4 heteroatoms. The van der Waals surface area contributed by atoms with E-state index in [0.717, 1.165) is 11.1 Å². The molecular weight excluding hydrogens is 248 g/mol. The lowest BCUT2D eigenvalue weighted by Crippen LogP contribution is -2.28. The number of aliphatic hydroxyl groups excluding tert-OH is 1. The van der Waals surface area contributed by atoms with Gasteiger partial charge < -0.3 is 5.11 Å². The third-order valence-corrected chi connectivity index (χ3v) is 6.52. The predicted molar refractivity (Wildman–Crippen MR) is 71.3 cm³/mol. The van der Waals surface area contributed by atoms with Crippen molar-refractivity contribution in [1.82, 2.24) is 0 Å². The third-order valence-electron chi connectivity index (χ3n) is 4.15. The molecule has 0 saturated heterocycles. The number of hydrogen-bond donors (Lipinski definition) is 1. The van der Waals surface area contributed by atoms with Crippen molar-refractivity contribution in [3.63, 3.8) is 0 Å². The molecule has 100 valence electrons. The van der Waals surface area contributed by atoms with E-state index in [1.165, 1.54) is 0 Å². The second kappa shape index (κ2) is 4.67. The first kappa shape index (κ1) is 13.6. The Labute approximate surface area is 109 Å². The molecule has 1 aliphatic carbocycles. The van der Waals surface area contributed by atoms with Crippen LogP contribution in [0.2, 0.25) is 0 Å². The Morgan fingerprint density at radius 2 is 1.83 bits per heavy atom. The number of hydrogen-bond acceptors (Lipinski definition) is 3. The summed E-state index contributed by atoms with van der Waals surface area (Å²) in [4.78, 5) is 0.386. The van der Waals surface area contributed by atoms with Crippen LogP contribution < -0.4 is 0 Å². The molecule has 0 aromatic heterocycles. The van der Waals surface area contributed by atoms with E-state index in [1.54, 1.807) is 12.1 Å². The van der Waals surface area contributed by atoms with Crippen molar-refractivity contribution in [2.75, 3.05) is 0 Å². The van der Waals surface area contributed by atoms with Gasteiger partial charge in [0.25, 0.3) is 0 Å². The fraction of sp³-hybridized carbons (Fsp3) is 0.571. The first-order valence-electron chi connectivity index (χ1n) is 6.33. The van der Waals surface area contributed by atoms with Gasteiger partial charge in [-0.2, -0.15) is 0 Å². The van der Waals surface area contributed by atoms with E-state index in [0.29, 0.717) is 17.7 Å². The van der Waals surface area contributed by atoms with Crippen molar-refractivity contribution in [2.24, 2.45) is 5.92 Å². The summed E-state index contributed by atoms with van der Waals surface area (Å²) < 4.78 is 25.1. The van der Waals surface area contributed by atoms with E-state index in [4.69, 9.17) is 0 Å². The average Bonchev–Trinajstić information content (AvgIpc) is 2.64. The summed E-state index contributed by atoms with van der Waals surface area (Å²) in [6.45, 7) is 5.70. The van der Waals surface area contributed by atoms with Crippen molar-refractivity contribution in [1.29, 1.82) is 0 Å². The minimum absolute atomic E-state index is 0.184. The van der Waals surface area contributed by atoms with E-state index >= 15 is 0 Å². The average molecular weight is 268 g/mol. The molecule has 1 saturated carbocycles. The topological polar surface area (TPSA) is 54.4 Å². The molecular formula is C14H20O3S. The zero-order valence-corrected chi connectivity index (χ0v) is 11.9. The second-order valence-corrected chi connectivity index (χ2v) is 7.50. The van der Waals surface area contributed by atoms with E-state index in [1.807, 2.05) is 26.8 Å². The maximum atomic E-state index is 12.5. The molecule has 0 bridgehead atoms. The largest absolute Gasteiger partial charge is 0.393 e. The highest BCUT2D eigenvalue weighted by molar-refractivity contribution is 7.92. The quantitative estimate of drug-likeness (QED) is 0.895. The van der Waals surface area contributed by atoms with Crippen molar-refractivity contribution >= 4 is 9.84 Å². The molecule has 18 heavy (non-hydrogen) atoms. The van der Waals surface area contributed by atoms with Crippen LogP contribution in [0, 0.1) is 19.8 Å². The summed E-state index contributed by atoms with van der Waals surface area (Å²) in [7, 11) is -3.32. The molecule has 0 spiro atoms. The Hall–Kier alpha value is -0.870. The van der Waals surface area contributed by atoms with Crippen LogP contribution in [0.5, 0.6) is 0 Å². The SMILES string of the molecule is Cc1ccc(S(=O)(=O)C2CCC(O)C2C)cc1C. The summed E-state index contributed by atoms with van der Waals surface area (Å²) in [5.74, 6) is -0.184. The monoisotopic (exact) mass is 268 g/mol. The molecule has 0 heterocycles. The zero-order valence-electron chi connectivity index (χ0n) is 11.1. The van der Waals surface area contributed by atoms with Gasteiger partial charge >= 0.3 is 0 Å². The lowest BCUT2D eigenvalue weighted by atomic mass is 10.1. The van der Waals surface area contributed by atoms with Crippen LogP contribution in [0.4, 0.5) is 0 Å². The van der Waals surface area contributed by atoms with Crippen LogP contribution in [0.25, 0.3) is 0 Å². The van der Waals surface area contributed by atoms with Crippen molar-refractivity contribution in [2.45, 2.75) is 49.9 Å². The van der Waals surface area contributed by atoms with Crippen molar-refractivity contribution < 1.29 is 13.5 Å². The molecule has 3 unspecified atom stereocenters. The Bertz CT molecular complexity index is 548. The molecule has 3 nitrogen and oxygen atoms in total. The summed E-state index contributed by atoms with van der Waals surface area (Å²) >= 11 is 0. The Balaban J connectivity index is 2.39. The van der Waals surface area contributed by atoms with Crippen LogP contribution in [0.1, 0.15) is 30.9 Å². The summed E-state index contributed by atoms with van der Waals surface area (Å²) in [5.41, 5.74) is 2.08. The van der Waals surface area contributed by atoms with Gasteiger partial charge in [-0.15, -0.1) is 0 Å². The van der Waals surface area contributed by atoms with Gasteiger partial charge in [0.2, 0.25) is 0 Å². The molecule has 1 N–H and O–H groups in total. The van der Waals surface area contributed by atoms with Gasteiger partial charge in [0.15, 0.2) is 9.84 Å². The first-order chi connectivity index (χ1) is 8.34. The maximum absolute atomic E-state index is 12.5. The van der Waals surface area contributed by atoms with E-state index in [2.05, 4.69) is 0 Å².